The molecule has 34 heavy (non-hydrogen) atoms. The predicted molar refractivity (Wildman–Crippen MR) is 135 cm³/mol. The Balaban J connectivity index is 0.00000578. The highest BCUT2D eigenvalue weighted by Gasteiger charge is 2.36. The summed E-state index contributed by atoms with van der Waals surface area (Å²) >= 11 is 0. The number of carbonyl (C=O) groups is 1. The molecule has 0 spiro atoms. The van der Waals surface area contributed by atoms with Gasteiger partial charge in [-0.15, -0.1) is 0 Å². The van der Waals surface area contributed by atoms with Gasteiger partial charge in [0.1, 0.15) is 12.0 Å². The maximum atomic E-state index is 13.6. The number of hydrogen-bond donors (Lipinski definition) is 0. The summed E-state index contributed by atoms with van der Waals surface area (Å²) in [5.74, 6) is 0.366. The third-order valence-electron chi connectivity index (χ3n) is 5.93. The molecule has 188 valence electrons. The van der Waals surface area contributed by atoms with Crippen LogP contribution in [0.5, 0.6) is 5.75 Å². The van der Waals surface area contributed by atoms with Gasteiger partial charge in [0, 0.05) is 17.5 Å². The van der Waals surface area contributed by atoms with E-state index < -0.39 is 20.2 Å². The van der Waals surface area contributed by atoms with Crippen molar-refractivity contribution in [2.24, 2.45) is 5.41 Å². The molecule has 8 heteroatoms. The molecule has 0 fully saturated rings. The van der Waals surface area contributed by atoms with E-state index in [0.29, 0.717) is 24.2 Å². The van der Waals surface area contributed by atoms with E-state index >= 15 is 0 Å². The molecule has 0 atom stereocenters. The zero-order valence-corrected chi connectivity index (χ0v) is 20.4. The monoisotopic (exact) mass is 491 g/mol. The first kappa shape index (κ1) is 29.3. The van der Waals surface area contributed by atoms with Gasteiger partial charge in [0.05, 0.1) is 22.7 Å². The van der Waals surface area contributed by atoms with Crippen LogP contribution < -0.4 is 4.74 Å². The van der Waals surface area contributed by atoms with E-state index in [0.717, 1.165) is 37.5 Å². The molecule has 0 amide bonds. The Morgan fingerprint density at radius 3 is 2.09 bits per heavy atom. The zero-order valence-electron chi connectivity index (χ0n) is 19.6. The van der Waals surface area contributed by atoms with Crippen molar-refractivity contribution in [2.45, 2.75) is 71.1 Å². The van der Waals surface area contributed by atoms with Gasteiger partial charge in [-0.3, -0.25) is 10.1 Å². The van der Waals surface area contributed by atoms with Crippen LogP contribution in [-0.4, -0.2) is 32.5 Å². The molecule has 7 nitrogen and oxygen atoms in total. The van der Waals surface area contributed by atoms with Crippen molar-refractivity contribution in [3.8, 4) is 5.75 Å². The molecule has 0 unspecified atom stereocenters. The number of non-ortho nitro benzene ring substituents is 1. The highest BCUT2D eigenvalue weighted by atomic mass is 32.2. The predicted octanol–water partition coefficient (Wildman–Crippen LogP) is 6.17. The van der Waals surface area contributed by atoms with Crippen LogP contribution in [0.1, 0.15) is 70.9 Å². The van der Waals surface area contributed by atoms with Crippen LogP contribution in [-0.2, 0) is 21.1 Å². The average Bonchev–Trinajstić information content (AvgIpc) is 2.81. The molecule has 0 saturated heterocycles. The summed E-state index contributed by atoms with van der Waals surface area (Å²) in [4.78, 5) is 23.0. The Morgan fingerprint density at radius 2 is 1.62 bits per heavy atom. The lowest BCUT2D eigenvalue weighted by Gasteiger charge is -2.28. The Labute approximate surface area is 203 Å². The molecule has 2 aromatic carbocycles. The van der Waals surface area contributed by atoms with Crippen molar-refractivity contribution in [3.63, 3.8) is 0 Å². The summed E-state index contributed by atoms with van der Waals surface area (Å²) < 4.78 is 32.3. The second-order valence-corrected chi connectivity index (χ2v) is 10.5. The van der Waals surface area contributed by atoms with Crippen LogP contribution in [0.3, 0.4) is 0 Å². The fourth-order valence-electron chi connectivity index (χ4n) is 4.02. The standard InChI is InChI=1S/C25H33NO6S.CH4/c1-4-6-14-25(18-27,15-7-5-2)19-33(30,31)24-13-10-22(26(28)29)17-21(24)16-20-8-11-23(32-3)12-9-20;/h8-13,17-18H,4-7,14-16,19H2,1-3H3;1H4. The molecule has 2 aromatic rings. The lowest BCUT2D eigenvalue weighted by Crippen LogP contribution is -2.32. The van der Waals surface area contributed by atoms with Gasteiger partial charge in [0.25, 0.3) is 5.69 Å². The molecule has 0 bridgehead atoms. The summed E-state index contributed by atoms with van der Waals surface area (Å²) in [5.41, 5.74) is 0.0203. The van der Waals surface area contributed by atoms with E-state index in [2.05, 4.69) is 0 Å². The first-order valence-corrected chi connectivity index (χ1v) is 12.9. The lowest BCUT2D eigenvalue weighted by atomic mass is 9.81. The van der Waals surface area contributed by atoms with Crippen LogP contribution in [0, 0.1) is 15.5 Å². The topological polar surface area (TPSA) is 104 Å². The van der Waals surface area contributed by atoms with Crippen LogP contribution in [0.2, 0.25) is 0 Å². The van der Waals surface area contributed by atoms with Crippen molar-refractivity contribution < 1.29 is 22.9 Å². The Kier molecular flexibility index (Phi) is 11.4. The molecular weight excluding hydrogens is 454 g/mol. The Bertz CT molecular complexity index is 1040. The normalized spacial score (nSPS) is 11.5. The van der Waals surface area contributed by atoms with Gasteiger partial charge in [-0.05, 0) is 48.6 Å². The number of hydrogen-bond acceptors (Lipinski definition) is 6. The molecule has 0 saturated carbocycles. The molecule has 0 N–H and O–H groups in total. The lowest BCUT2D eigenvalue weighted by molar-refractivity contribution is -0.385. The van der Waals surface area contributed by atoms with Gasteiger partial charge >= 0.3 is 0 Å². The quantitative estimate of drug-likeness (QED) is 0.178. The number of nitro groups is 1. The highest BCUT2D eigenvalue weighted by molar-refractivity contribution is 7.91. The van der Waals surface area contributed by atoms with E-state index in [1.165, 1.54) is 18.2 Å². The van der Waals surface area contributed by atoms with Crippen molar-refractivity contribution in [1.82, 2.24) is 0 Å². The van der Waals surface area contributed by atoms with Crippen molar-refractivity contribution in [1.29, 1.82) is 0 Å². The van der Waals surface area contributed by atoms with E-state index in [1.807, 2.05) is 13.8 Å². The smallest absolute Gasteiger partial charge is 0.269 e. The highest BCUT2D eigenvalue weighted by Crippen LogP contribution is 2.35. The number of carbonyl (C=O) groups excluding carboxylic acids is 1. The molecule has 0 heterocycles. The van der Waals surface area contributed by atoms with E-state index in [9.17, 15) is 23.3 Å². The number of methoxy groups -OCH3 is 1. The second kappa shape index (κ2) is 13.2. The second-order valence-electron chi connectivity index (χ2n) is 8.52. The summed E-state index contributed by atoms with van der Waals surface area (Å²) in [7, 11) is -2.32. The molecule has 0 aliphatic carbocycles. The van der Waals surface area contributed by atoms with E-state index in [4.69, 9.17) is 4.74 Å². The maximum Gasteiger partial charge on any atom is 0.269 e. The third-order valence-corrected chi connectivity index (χ3v) is 7.95. The minimum atomic E-state index is -3.88. The van der Waals surface area contributed by atoms with Gasteiger partial charge in [-0.2, -0.15) is 0 Å². The summed E-state index contributed by atoms with van der Waals surface area (Å²) in [5, 5.41) is 11.4. The molecule has 2 rings (SSSR count). The fourth-order valence-corrected chi connectivity index (χ4v) is 6.09. The number of sulfone groups is 1. The molecule has 0 aliphatic heterocycles. The number of aldehydes is 1. The number of ether oxygens (including phenoxy) is 1. The average molecular weight is 492 g/mol. The van der Waals surface area contributed by atoms with Crippen molar-refractivity contribution in [3.05, 3.63) is 63.7 Å². The minimum absolute atomic E-state index is 0. The molecule has 0 radical (unpaired) electrons. The summed E-state index contributed by atoms with van der Waals surface area (Å²) in [6.45, 7) is 4.01. The van der Waals surface area contributed by atoms with Gasteiger partial charge in [0.2, 0.25) is 0 Å². The van der Waals surface area contributed by atoms with Crippen LogP contribution in [0.15, 0.2) is 47.4 Å². The Morgan fingerprint density at radius 1 is 1.03 bits per heavy atom. The van der Waals surface area contributed by atoms with Gasteiger partial charge in [-0.1, -0.05) is 59.1 Å². The number of nitrogens with zero attached hydrogens (tertiary/aromatic N) is 1. The van der Waals surface area contributed by atoms with Gasteiger partial charge in [-0.25, -0.2) is 8.42 Å². The van der Waals surface area contributed by atoms with E-state index in [-0.39, 0.29) is 30.2 Å². The SMILES string of the molecule is C.CCCCC(C=O)(CCCC)CS(=O)(=O)c1ccc([N+](=O)[O-])cc1Cc1ccc(OC)cc1. The number of nitro benzene ring substituents is 1. The number of rotatable bonds is 14. The summed E-state index contributed by atoms with van der Waals surface area (Å²) in [6.07, 6.45) is 5.28. The van der Waals surface area contributed by atoms with Crippen LogP contribution >= 0.6 is 0 Å². The van der Waals surface area contributed by atoms with Gasteiger partial charge in [0.15, 0.2) is 9.84 Å². The molecule has 0 aliphatic rings. The van der Waals surface area contributed by atoms with Crippen LogP contribution in [0.25, 0.3) is 0 Å². The molecular formula is C26H37NO6S. The minimum Gasteiger partial charge on any atom is -0.497 e. The largest absolute Gasteiger partial charge is 0.497 e. The van der Waals surface area contributed by atoms with Gasteiger partial charge < -0.3 is 9.53 Å². The third kappa shape index (κ3) is 7.65. The molecule has 0 aromatic heterocycles. The summed E-state index contributed by atoms with van der Waals surface area (Å²) in [6, 6.07) is 10.9. The number of unbranched alkanes of at least 4 members (excludes halogenated alkanes) is 2. The number of benzene rings is 2. The van der Waals surface area contributed by atoms with Crippen molar-refractivity contribution in [2.75, 3.05) is 12.9 Å². The van der Waals surface area contributed by atoms with E-state index in [1.54, 1.807) is 31.4 Å². The van der Waals surface area contributed by atoms with Crippen molar-refractivity contribution >= 4 is 21.8 Å². The van der Waals surface area contributed by atoms with Crippen LogP contribution in [0.4, 0.5) is 5.69 Å². The Hall–Kier alpha value is -2.74. The first-order valence-electron chi connectivity index (χ1n) is 11.3. The maximum absolute atomic E-state index is 13.6. The zero-order chi connectivity index (χ0) is 24.5. The fraction of sp³-hybridized carbons (Fsp3) is 0.500. The first-order chi connectivity index (χ1) is 15.7.